The van der Waals surface area contributed by atoms with Crippen molar-refractivity contribution in [3.05, 3.63) is 22.7 Å². The molecule has 5 nitrogen and oxygen atoms in total. The second-order valence-corrected chi connectivity index (χ2v) is 5.84. The van der Waals surface area contributed by atoms with Gasteiger partial charge in [0.25, 0.3) is 5.91 Å². The van der Waals surface area contributed by atoms with E-state index < -0.39 is 0 Å². The molecule has 2 atom stereocenters. The second kappa shape index (κ2) is 5.73. The SMILES string of the molecule is C[C@@H]1CO[C@@H](C)CN1C(=O)c1cc(Cl)c2c(c1)OCCO2. The van der Waals surface area contributed by atoms with E-state index in [1.165, 1.54) is 0 Å². The van der Waals surface area contributed by atoms with Crippen molar-refractivity contribution in [1.29, 1.82) is 0 Å². The Kier molecular flexibility index (Phi) is 3.95. The van der Waals surface area contributed by atoms with Gasteiger partial charge in [-0.15, -0.1) is 0 Å². The van der Waals surface area contributed by atoms with E-state index in [9.17, 15) is 4.79 Å². The van der Waals surface area contributed by atoms with Crippen LogP contribution >= 0.6 is 11.6 Å². The number of rotatable bonds is 1. The highest BCUT2D eigenvalue weighted by atomic mass is 35.5. The third-order valence-electron chi connectivity index (χ3n) is 3.71. The van der Waals surface area contributed by atoms with Crippen LogP contribution in [-0.2, 0) is 4.74 Å². The molecule has 0 aromatic heterocycles. The van der Waals surface area contributed by atoms with E-state index in [-0.39, 0.29) is 18.1 Å². The van der Waals surface area contributed by atoms with Gasteiger partial charge in [0.05, 0.1) is 23.8 Å². The topological polar surface area (TPSA) is 48.0 Å². The molecule has 1 aromatic carbocycles. The number of nitrogens with zero attached hydrogens (tertiary/aromatic N) is 1. The highest BCUT2D eigenvalue weighted by Gasteiger charge is 2.29. The van der Waals surface area contributed by atoms with Crippen LogP contribution in [0.15, 0.2) is 12.1 Å². The third-order valence-corrected chi connectivity index (χ3v) is 3.99. The summed E-state index contributed by atoms with van der Waals surface area (Å²) in [5.41, 5.74) is 0.519. The molecule has 0 bridgehead atoms. The van der Waals surface area contributed by atoms with E-state index in [1.807, 2.05) is 18.7 Å². The summed E-state index contributed by atoms with van der Waals surface area (Å²) in [7, 11) is 0. The zero-order valence-electron chi connectivity index (χ0n) is 12.1. The molecule has 1 amide bonds. The van der Waals surface area contributed by atoms with Crippen LogP contribution < -0.4 is 9.47 Å². The standard InChI is InChI=1S/C15H18ClNO4/c1-9-8-21-10(2)7-17(9)15(18)11-5-12(16)14-13(6-11)19-3-4-20-14/h5-6,9-10H,3-4,7-8H2,1-2H3/t9-,10+/m1/s1. The number of fused-ring (bicyclic) bond motifs is 1. The maximum atomic E-state index is 12.7. The molecular formula is C15H18ClNO4. The predicted molar refractivity (Wildman–Crippen MR) is 78.4 cm³/mol. The summed E-state index contributed by atoms with van der Waals surface area (Å²) in [6.45, 7) is 5.99. The van der Waals surface area contributed by atoms with Crippen LogP contribution in [0, 0.1) is 0 Å². The van der Waals surface area contributed by atoms with Crippen molar-refractivity contribution in [2.24, 2.45) is 0 Å². The van der Waals surface area contributed by atoms with Gasteiger partial charge in [-0.25, -0.2) is 0 Å². The lowest BCUT2D eigenvalue weighted by Gasteiger charge is -2.37. The maximum Gasteiger partial charge on any atom is 0.254 e. The number of ether oxygens (including phenoxy) is 3. The van der Waals surface area contributed by atoms with Crippen molar-refractivity contribution in [1.82, 2.24) is 4.90 Å². The number of amides is 1. The molecular weight excluding hydrogens is 294 g/mol. The monoisotopic (exact) mass is 311 g/mol. The van der Waals surface area contributed by atoms with E-state index in [1.54, 1.807) is 12.1 Å². The molecule has 3 rings (SSSR count). The third kappa shape index (κ3) is 2.80. The average Bonchev–Trinajstić information content (AvgIpc) is 2.49. The minimum absolute atomic E-state index is 0.0397. The Labute approximate surface area is 128 Å². The first kappa shape index (κ1) is 14.5. The number of hydrogen-bond acceptors (Lipinski definition) is 4. The Hall–Kier alpha value is -1.46. The quantitative estimate of drug-likeness (QED) is 0.799. The number of morpholine rings is 1. The van der Waals surface area contributed by atoms with Gasteiger partial charge >= 0.3 is 0 Å². The Balaban J connectivity index is 1.89. The van der Waals surface area contributed by atoms with Crippen molar-refractivity contribution < 1.29 is 19.0 Å². The van der Waals surface area contributed by atoms with Crippen LogP contribution in [0.4, 0.5) is 0 Å². The van der Waals surface area contributed by atoms with Crippen molar-refractivity contribution in [2.45, 2.75) is 26.0 Å². The summed E-state index contributed by atoms with van der Waals surface area (Å²) in [6, 6.07) is 3.39. The fourth-order valence-corrected chi connectivity index (χ4v) is 2.85. The molecule has 0 spiro atoms. The zero-order chi connectivity index (χ0) is 15.0. The lowest BCUT2D eigenvalue weighted by molar-refractivity contribution is -0.0387. The van der Waals surface area contributed by atoms with E-state index in [0.29, 0.717) is 48.5 Å². The molecule has 1 aromatic rings. The largest absolute Gasteiger partial charge is 0.486 e. The van der Waals surface area contributed by atoms with E-state index in [2.05, 4.69) is 0 Å². The fraction of sp³-hybridized carbons (Fsp3) is 0.533. The summed E-state index contributed by atoms with van der Waals surface area (Å²) >= 11 is 6.19. The molecule has 2 heterocycles. The Morgan fingerprint density at radius 1 is 1.29 bits per heavy atom. The molecule has 6 heteroatoms. The lowest BCUT2D eigenvalue weighted by atomic mass is 10.1. The van der Waals surface area contributed by atoms with Gasteiger partial charge in [0.15, 0.2) is 11.5 Å². The smallest absolute Gasteiger partial charge is 0.254 e. The molecule has 21 heavy (non-hydrogen) atoms. The number of benzene rings is 1. The molecule has 0 saturated carbocycles. The van der Waals surface area contributed by atoms with Crippen LogP contribution in [0.1, 0.15) is 24.2 Å². The summed E-state index contributed by atoms with van der Waals surface area (Å²) in [4.78, 5) is 14.5. The molecule has 2 aliphatic heterocycles. The van der Waals surface area contributed by atoms with Crippen LogP contribution in [0.3, 0.4) is 0 Å². The van der Waals surface area contributed by atoms with Gasteiger partial charge < -0.3 is 19.1 Å². The highest BCUT2D eigenvalue weighted by Crippen LogP contribution is 2.38. The van der Waals surface area contributed by atoms with Crippen molar-refractivity contribution in [3.63, 3.8) is 0 Å². The Morgan fingerprint density at radius 3 is 2.86 bits per heavy atom. The van der Waals surface area contributed by atoms with Gasteiger partial charge in [0.1, 0.15) is 13.2 Å². The van der Waals surface area contributed by atoms with Crippen LogP contribution in [-0.4, -0.2) is 49.3 Å². The van der Waals surface area contributed by atoms with E-state index in [4.69, 9.17) is 25.8 Å². The number of halogens is 1. The van der Waals surface area contributed by atoms with Crippen LogP contribution in [0.5, 0.6) is 11.5 Å². The van der Waals surface area contributed by atoms with Crippen molar-refractivity contribution in [3.8, 4) is 11.5 Å². The van der Waals surface area contributed by atoms with Gasteiger partial charge in [-0.1, -0.05) is 11.6 Å². The molecule has 114 valence electrons. The number of carbonyl (C=O) groups is 1. The normalized spacial score (nSPS) is 24.8. The minimum Gasteiger partial charge on any atom is -0.486 e. The van der Waals surface area contributed by atoms with Gasteiger partial charge in [-0.3, -0.25) is 4.79 Å². The van der Waals surface area contributed by atoms with Crippen molar-refractivity contribution in [2.75, 3.05) is 26.4 Å². The van der Waals surface area contributed by atoms with Crippen LogP contribution in [0.2, 0.25) is 5.02 Å². The number of hydrogen-bond donors (Lipinski definition) is 0. The average molecular weight is 312 g/mol. The predicted octanol–water partition coefficient (Wildman–Crippen LogP) is 2.36. The second-order valence-electron chi connectivity index (χ2n) is 5.43. The molecule has 2 aliphatic rings. The summed E-state index contributed by atoms with van der Waals surface area (Å²) in [5, 5.41) is 0.407. The fourth-order valence-electron chi connectivity index (χ4n) is 2.59. The molecule has 0 N–H and O–H groups in total. The summed E-state index contributed by atoms with van der Waals surface area (Å²) in [6.07, 6.45) is 0.0397. The van der Waals surface area contributed by atoms with Crippen molar-refractivity contribution >= 4 is 17.5 Å². The first-order chi connectivity index (χ1) is 10.1. The van der Waals surface area contributed by atoms with Gasteiger partial charge in [-0.2, -0.15) is 0 Å². The first-order valence-electron chi connectivity index (χ1n) is 7.08. The zero-order valence-corrected chi connectivity index (χ0v) is 12.9. The molecule has 1 saturated heterocycles. The Morgan fingerprint density at radius 2 is 2.05 bits per heavy atom. The van der Waals surface area contributed by atoms with Gasteiger partial charge in [0.2, 0.25) is 0 Å². The minimum atomic E-state index is -0.0588. The number of carbonyl (C=O) groups excluding carboxylic acids is 1. The van der Waals surface area contributed by atoms with Crippen LogP contribution in [0.25, 0.3) is 0 Å². The first-order valence-corrected chi connectivity index (χ1v) is 7.45. The highest BCUT2D eigenvalue weighted by molar-refractivity contribution is 6.32. The Bertz CT molecular complexity index is 563. The van der Waals surface area contributed by atoms with E-state index in [0.717, 1.165) is 0 Å². The summed E-state index contributed by atoms with van der Waals surface area (Å²) in [5.74, 6) is 0.991. The summed E-state index contributed by atoms with van der Waals surface area (Å²) < 4.78 is 16.6. The lowest BCUT2D eigenvalue weighted by Crippen LogP contribution is -2.50. The van der Waals surface area contributed by atoms with Gasteiger partial charge in [-0.05, 0) is 26.0 Å². The molecule has 1 fully saturated rings. The van der Waals surface area contributed by atoms with E-state index >= 15 is 0 Å². The molecule has 0 radical (unpaired) electrons. The molecule has 0 unspecified atom stereocenters. The van der Waals surface area contributed by atoms with Gasteiger partial charge in [0, 0.05) is 12.1 Å². The molecule has 0 aliphatic carbocycles. The maximum absolute atomic E-state index is 12.7.